The van der Waals surface area contributed by atoms with Crippen LogP contribution in [0, 0.1) is 11.8 Å². The van der Waals surface area contributed by atoms with Crippen molar-refractivity contribution in [3.8, 4) is 0 Å². The van der Waals surface area contributed by atoms with Crippen LogP contribution in [0.3, 0.4) is 0 Å². The highest BCUT2D eigenvalue weighted by atomic mass is 79.9. The number of pyridine rings is 1. The molecule has 2 aromatic rings. The lowest BCUT2D eigenvalue weighted by Gasteiger charge is -2.23. The predicted octanol–water partition coefficient (Wildman–Crippen LogP) is 4.28. The van der Waals surface area contributed by atoms with Gasteiger partial charge in [-0.15, -0.1) is 0 Å². The standard InChI is InChI=1S/C17H19BrN2/c18-15-6-5-13(17-14(15)2-1-7-19-17)10-20-16-9-11-3-4-12(16)8-11/h1-2,5-7,11-12,16,20H,3-4,8-10H2. The summed E-state index contributed by atoms with van der Waals surface area (Å²) in [5, 5.41) is 4.99. The predicted molar refractivity (Wildman–Crippen MR) is 85.5 cm³/mol. The van der Waals surface area contributed by atoms with E-state index in [4.69, 9.17) is 0 Å². The number of benzene rings is 1. The van der Waals surface area contributed by atoms with Crippen molar-refractivity contribution in [2.45, 2.75) is 38.3 Å². The molecule has 2 aliphatic rings. The lowest BCUT2D eigenvalue weighted by molar-refractivity contribution is 0.351. The molecule has 1 aromatic carbocycles. The van der Waals surface area contributed by atoms with Crippen LogP contribution in [0.5, 0.6) is 0 Å². The molecule has 4 rings (SSSR count). The highest BCUT2D eigenvalue weighted by Gasteiger charge is 2.38. The van der Waals surface area contributed by atoms with Gasteiger partial charge in [-0.05, 0) is 48.8 Å². The van der Waals surface area contributed by atoms with Crippen LogP contribution in [-0.4, -0.2) is 11.0 Å². The van der Waals surface area contributed by atoms with Crippen LogP contribution in [0.1, 0.15) is 31.2 Å². The summed E-state index contributed by atoms with van der Waals surface area (Å²) >= 11 is 3.61. The Bertz CT molecular complexity index is 640. The highest BCUT2D eigenvalue weighted by Crippen LogP contribution is 2.44. The molecule has 0 aliphatic heterocycles. The summed E-state index contributed by atoms with van der Waals surface area (Å²) in [4.78, 5) is 4.57. The number of nitrogens with zero attached hydrogens (tertiary/aromatic N) is 1. The van der Waals surface area contributed by atoms with Gasteiger partial charge in [0.25, 0.3) is 0 Å². The van der Waals surface area contributed by atoms with E-state index >= 15 is 0 Å². The normalized spacial score (nSPS) is 28.4. The third kappa shape index (κ3) is 2.17. The number of hydrogen-bond acceptors (Lipinski definition) is 2. The van der Waals surface area contributed by atoms with Crippen LogP contribution in [0.25, 0.3) is 10.9 Å². The van der Waals surface area contributed by atoms with Crippen LogP contribution in [0.4, 0.5) is 0 Å². The topological polar surface area (TPSA) is 24.9 Å². The average molecular weight is 331 g/mol. The van der Waals surface area contributed by atoms with Crippen molar-refractivity contribution < 1.29 is 0 Å². The van der Waals surface area contributed by atoms with Crippen LogP contribution in [0.2, 0.25) is 0 Å². The summed E-state index contributed by atoms with van der Waals surface area (Å²) in [5.41, 5.74) is 2.43. The van der Waals surface area contributed by atoms with E-state index in [0.29, 0.717) is 0 Å². The minimum absolute atomic E-state index is 0.733. The first-order chi connectivity index (χ1) is 9.81. The van der Waals surface area contributed by atoms with E-state index in [1.165, 1.54) is 36.6 Å². The van der Waals surface area contributed by atoms with E-state index < -0.39 is 0 Å². The van der Waals surface area contributed by atoms with E-state index in [1.807, 2.05) is 12.3 Å². The minimum Gasteiger partial charge on any atom is -0.310 e. The van der Waals surface area contributed by atoms with Gasteiger partial charge in [-0.1, -0.05) is 34.5 Å². The first-order valence-corrected chi connectivity index (χ1v) is 8.36. The molecule has 20 heavy (non-hydrogen) atoms. The van der Waals surface area contributed by atoms with Crippen LogP contribution in [0.15, 0.2) is 34.9 Å². The molecule has 3 atom stereocenters. The van der Waals surface area contributed by atoms with E-state index in [1.54, 1.807) is 0 Å². The van der Waals surface area contributed by atoms with Gasteiger partial charge in [0.05, 0.1) is 5.52 Å². The average Bonchev–Trinajstić information content (AvgIpc) is 3.09. The Balaban J connectivity index is 1.56. The second-order valence-corrected chi connectivity index (χ2v) is 7.12. The first kappa shape index (κ1) is 12.8. The van der Waals surface area contributed by atoms with Crippen LogP contribution < -0.4 is 5.32 Å². The molecule has 1 N–H and O–H groups in total. The monoisotopic (exact) mass is 330 g/mol. The van der Waals surface area contributed by atoms with Crippen molar-refractivity contribution in [3.05, 3.63) is 40.5 Å². The number of aromatic nitrogens is 1. The molecule has 3 heteroatoms. The Morgan fingerprint density at radius 1 is 1.20 bits per heavy atom. The van der Waals surface area contributed by atoms with Crippen LogP contribution in [-0.2, 0) is 6.54 Å². The molecular weight excluding hydrogens is 312 g/mol. The lowest BCUT2D eigenvalue weighted by atomic mass is 9.95. The molecule has 0 saturated heterocycles. The fourth-order valence-corrected chi connectivity index (χ4v) is 4.53. The molecule has 0 amide bonds. The summed E-state index contributed by atoms with van der Waals surface area (Å²) < 4.78 is 1.13. The van der Waals surface area contributed by atoms with Crippen molar-refractivity contribution in [2.24, 2.45) is 11.8 Å². The Hall–Kier alpha value is -0.930. The van der Waals surface area contributed by atoms with Gasteiger partial charge >= 0.3 is 0 Å². The van der Waals surface area contributed by atoms with E-state index in [0.717, 1.165) is 34.4 Å². The van der Waals surface area contributed by atoms with Gasteiger partial charge in [0.1, 0.15) is 0 Å². The number of nitrogens with one attached hydrogen (secondary N) is 1. The Kier molecular flexibility index (Phi) is 3.27. The zero-order valence-corrected chi connectivity index (χ0v) is 13.1. The number of rotatable bonds is 3. The van der Waals surface area contributed by atoms with E-state index in [9.17, 15) is 0 Å². The van der Waals surface area contributed by atoms with Gasteiger partial charge in [0.15, 0.2) is 0 Å². The maximum absolute atomic E-state index is 4.57. The Morgan fingerprint density at radius 2 is 2.15 bits per heavy atom. The maximum atomic E-state index is 4.57. The van der Waals surface area contributed by atoms with Crippen LogP contribution >= 0.6 is 15.9 Å². The zero-order chi connectivity index (χ0) is 13.5. The number of halogens is 1. The van der Waals surface area contributed by atoms with Crippen molar-refractivity contribution in [3.63, 3.8) is 0 Å². The van der Waals surface area contributed by atoms with Gasteiger partial charge in [-0.25, -0.2) is 0 Å². The number of fused-ring (bicyclic) bond motifs is 3. The van der Waals surface area contributed by atoms with Gasteiger partial charge in [0, 0.05) is 28.6 Å². The second kappa shape index (κ2) is 5.12. The lowest BCUT2D eigenvalue weighted by Crippen LogP contribution is -2.33. The third-order valence-corrected chi connectivity index (χ3v) is 5.78. The van der Waals surface area contributed by atoms with Crippen molar-refractivity contribution in [1.82, 2.24) is 10.3 Å². The molecule has 2 fully saturated rings. The summed E-state index contributed by atoms with van der Waals surface area (Å²) in [6, 6.07) is 9.20. The number of hydrogen-bond donors (Lipinski definition) is 1. The van der Waals surface area contributed by atoms with Gasteiger partial charge < -0.3 is 5.32 Å². The summed E-state index contributed by atoms with van der Waals surface area (Å²) in [6.07, 6.45) is 7.62. The van der Waals surface area contributed by atoms with Crippen molar-refractivity contribution in [2.75, 3.05) is 0 Å². The maximum Gasteiger partial charge on any atom is 0.0758 e. The molecule has 3 unspecified atom stereocenters. The summed E-state index contributed by atoms with van der Waals surface area (Å²) in [5.74, 6) is 1.92. The third-order valence-electron chi connectivity index (χ3n) is 5.09. The molecular formula is C17H19BrN2. The highest BCUT2D eigenvalue weighted by molar-refractivity contribution is 9.10. The Labute approximate surface area is 128 Å². The second-order valence-electron chi connectivity index (χ2n) is 6.27. The Morgan fingerprint density at radius 3 is 2.95 bits per heavy atom. The smallest absolute Gasteiger partial charge is 0.0758 e. The van der Waals surface area contributed by atoms with Crippen molar-refractivity contribution in [1.29, 1.82) is 0 Å². The van der Waals surface area contributed by atoms with E-state index in [-0.39, 0.29) is 0 Å². The van der Waals surface area contributed by atoms with E-state index in [2.05, 4.69) is 44.4 Å². The molecule has 1 heterocycles. The quantitative estimate of drug-likeness (QED) is 0.908. The van der Waals surface area contributed by atoms with Gasteiger partial charge in [-0.3, -0.25) is 4.98 Å². The summed E-state index contributed by atoms with van der Waals surface area (Å²) in [6.45, 7) is 0.939. The van der Waals surface area contributed by atoms with Gasteiger partial charge in [-0.2, -0.15) is 0 Å². The first-order valence-electron chi connectivity index (χ1n) is 7.57. The SMILES string of the molecule is Brc1ccc(CNC2CC3CCC2C3)c2ncccc12. The fourth-order valence-electron chi connectivity index (χ4n) is 4.07. The molecule has 2 saturated carbocycles. The molecule has 2 nitrogen and oxygen atoms in total. The largest absolute Gasteiger partial charge is 0.310 e. The summed E-state index contributed by atoms with van der Waals surface area (Å²) in [7, 11) is 0. The molecule has 0 spiro atoms. The zero-order valence-electron chi connectivity index (χ0n) is 11.5. The molecule has 1 aromatic heterocycles. The molecule has 2 bridgehead atoms. The molecule has 2 aliphatic carbocycles. The van der Waals surface area contributed by atoms with Crippen molar-refractivity contribution >= 4 is 26.8 Å². The van der Waals surface area contributed by atoms with Gasteiger partial charge in [0.2, 0.25) is 0 Å². The molecule has 0 radical (unpaired) electrons. The minimum atomic E-state index is 0.733. The molecule has 104 valence electrons. The fraction of sp³-hybridized carbons (Fsp3) is 0.471.